The number of nitrogens with one attached hydrogen (secondary N) is 1. The highest BCUT2D eigenvalue weighted by molar-refractivity contribution is 5.78. The number of aromatic nitrogens is 2. The van der Waals surface area contributed by atoms with E-state index in [1.807, 2.05) is 17.8 Å². The van der Waals surface area contributed by atoms with Crippen molar-refractivity contribution in [1.82, 2.24) is 19.8 Å². The first-order valence-corrected chi connectivity index (χ1v) is 8.25. The van der Waals surface area contributed by atoms with Crippen molar-refractivity contribution in [2.75, 3.05) is 26.8 Å². The normalized spacial score (nSPS) is 30.6. The predicted molar refractivity (Wildman–Crippen MR) is 84.7 cm³/mol. The van der Waals surface area contributed by atoms with Gasteiger partial charge in [0, 0.05) is 45.2 Å². The van der Waals surface area contributed by atoms with Crippen LogP contribution in [0.15, 0.2) is 12.4 Å². The van der Waals surface area contributed by atoms with Crippen LogP contribution in [0.2, 0.25) is 0 Å². The van der Waals surface area contributed by atoms with E-state index in [0.29, 0.717) is 32.5 Å². The number of ether oxygens (including phenoxy) is 1. The number of hydrogen-bond acceptors (Lipinski definition) is 5. The van der Waals surface area contributed by atoms with Gasteiger partial charge in [-0.1, -0.05) is 0 Å². The van der Waals surface area contributed by atoms with Gasteiger partial charge in [-0.25, -0.2) is 4.98 Å². The highest BCUT2D eigenvalue weighted by Crippen LogP contribution is 2.44. The molecule has 128 valence electrons. The van der Waals surface area contributed by atoms with Crippen molar-refractivity contribution in [3.63, 3.8) is 0 Å². The fourth-order valence-electron chi connectivity index (χ4n) is 4.09. The van der Waals surface area contributed by atoms with Gasteiger partial charge in [-0.2, -0.15) is 0 Å². The van der Waals surface area contributed by atoms with Crippen LogP contribution in [0.25, 0.3) is 0 Å². The maximum absolute atomic E-state index is 12.1. The zero-order valence-electron chi connectivity index (χ0n) is 13.9. The van der Waals surface area contributed by atoms with Gasteiger partial charge in [0.1, 0.15) is 11.4 Å². The van der Waals surface area contributed by atoms with E-state index >= 15 is 0 Å². The summed E-state index contributed by atoms with van der Waals surface area (Å²) < 4.78 is 6.84. The third-order valence-electron chi connectivity index (χ3n) is 5.11. The lowest BCUT2D eigenvalue weighted by Crippen LogP contribution is -2.53. The quantitative estimate of drug-likeness (QED) is 0.721. The lowest BCUT2D eigenvalue weighted by atomic mass is 9.85. The first kappa shape index (κ1) is 16.4. The minimum absolute atomic E-state index is 0.0291. The predicted octanol–water partition coefficient (Wildman–Crippen LogP) is -0.00290. The van der Waals surface area contributed by atoms with Crippen molar-refractivity contribution in [3.05, 3.63) is 18.2 Å². The van der Waals surface area contributed by atoms with Crippen molar-refractivity contribution in [1.29, 1.82) is 0 Å². The largest absolute Gasteiger partial charge is 0.383 e. The number of methoxy groups -OCH3 is 1. The number of amides is 1. The molecule has 7 heteroatoms. The Balaban J connectivity index is 1.63. The van der Waals surface area contributed by atoms with Crippen molar-refractivity contribution in [2.24, 2.45) is 7.05 Å². The Kier molecular flexibility index (Phi) is 4.70. The Morgan fingerprint density at radius 2 is 2.17 bits per heavy atom. The van der Waals surface area contributed by atoms with Crippen LogP contribution in [0.5, 0.6) is 0 Å². The molecule has 3 heterocycles. The van der Waals surface area contributed by atoms with E-state index in [0.717, 1.165) is 18.7 Å². The standard InChI is InChI=1S/C16H26N4O3/c1-19-7-5-18-15(19)16(22)9-12-3-4-13(10-16)20(12)11-14(21)17-6-8-23-2/h5,7,12-13,22H,3-4,6,8-11H2,1-2H3,(H,17,21)/t12-,13+,16?. The van der Waals surface area contributed by atoms with Gasteiger partial charge >= 0.3 is 0 Å². The Morgan fingerprint density at radius 3 is 2.74 bits per heavy atom. The summed E-state index contributed by atoms with van der Waals surface area (Å²) in [5.41, 5.74) is -0.882. The van der Waals surface area contributed by atoms with Crippen molar-refractivity contribution < 1.29 is 14.6 Å². The molecule has 3 atom stereocenters. The molecule has 2 N–H and O–H groups in total. The highest BCUT2D eigenvalue weighted by Gasteiger charge is 2.50. The zero-order chi connectivity index (χ0) is 16.4. The van der Waals surface area contributed by atoms with Crippen LogP contribution in [0.4, 0.5) is 0 Å². The van der Waals surface area contributed by atoms with E-state index in [4.69, 9.17) is 4.74 Å². The van der Waals surface area contributed by atoms with E-state index in [2.05, 4.69) is 15.2 Å². The topological polar surface area (TPSA) is 79.6 Å². The Bertz CT molecular complexity index is 545. The van der Waals surface area contributed by atoms with Gasteiger partial charge < -0.3 is 19.7 Å². The van der Waals surface area contributed by atoms with Crippen LogP contribution in [-0.2, 0) is 22.2 Å². The van der Waals surface area contributed by atoms with Gasteiger partial charge in [0.25, 0.3) is 0 Å². The summed E-state index contributed by atoms with van der Waals surface area (Å²) in [6.45, 7) is 1.46. The summed E-state index contributed by atoms with van der Waals surface area (Å²) in [5, 5.41) is 14.0. The van der Waals surface area contributed by atoms with E-state index in [1.165, 1.54) is 0 Å². The minimum Gasteiger partial charge on any atom is -0.383 e. The molecule has 7 nitrogen and oxygen atoms in total. The first-order valence-electron chi connectivity index (χ1n) is 8.25. The summed E-state index contributed by atoms with van der Waals surface area (Å²) in [5.74, 6) is 0.764. The molecule has 2 saturated heterocycles. The molecule has 2 bridgehead atoms. The molecule has 1 unspecified atom stereocenters. The van der Waals surface area contributed by atoms with Gasteiger partial charge in [-0.3, -0.25) is 9.69 Å². The minimum atomic E-state index is -0.882. The summed E-state index contributed by atoms with van der Waals surface area (Å²) >= 11 is 0. The summed E-state index contributed by atoms with van der Waals surface area (Å²) in [7, 11) is 3.54. The van der Waals surface area contributed by atoms with E-state index in [-0.39, 0.29) is 18.0 Å². The number of hydrogen-bond donors (Lipinski definition) is 2. The molecule has 2 fully saturated rings. The van der Waals surface area contributed by atoms with Crippen LogP contribution >= 0.6 is 0 Å². The number of imidazole rings is 1. The smallest absolute Gasteiger partial charge is 0.234 e. The van der Waals surface area contributed by atoms with Gasteiger partial charge in [-0.15, -0.1) is 0 Å². The number of aryl methyl sites for hydroxylation is 1. The molecule has 1 aromatic heterocycles. The van der Waals surface area contributed by atoms with Gasteiger partial charge in [0.2, 0.25) is 5.91 Å². The maximum atomic E-state index is 12.1. The van der Waals surface area contributed by atoms with E-state index < -0.39 is 5.60 Å². The van der Waals surface area contributed by atoms with Crippen molar-refractivity contribution in [2.45, 2.75) is 43.4 Å². The van der Waals surface area contributed by atoms with Crippen LogP contribution in [0.3, 0.4) is 0 Å². The molecule has 23 heavy (non-hydrogen) atoms. The maximum Gasteiger partial charge on any atom is 0.234 e. The third kappa shape index (κ3) is 3.27. The Morgan fingerprint density at radius 1 is 1.48 bits per heavy atom. The molecule has 2 aliphatic heterocycles. The Labute approximate surface area is 136 Å². The third-order valence-corrected chi connectivity index (χ3v) is 5.11. The summed E-state index contributed by atoms with van der Waals surface area (Å²) in [6, 6.07) is 0.479. The second-order valence-corrected chi connectivity index (χ2v) is 6.70. The lowest BCUT2D eigenvalue weighted by Gasteiger charge is -2.43. The summed E-state index contributed by atoms with van der Waals surface area (Å²) in [6.07, 6.45) is 6.93. The van der Waals surface area contributed by atoms with Crippen LogP contribution in [-0.4, -0.2) is 64.4 Å². The molecule has 0 aromatic carbocycles. The van der Waals surface area contributed by atoms with E-state index in [1.54, 1.807) is 13.3 Å². The molecule has 0 radical (unpaired) electrons. The SMILES string of the molecule is COCCNC(=O)CN1[C@@H]2CC[C@H]1CC(O)(c1nccn1C)C2. The zero-order valence-corrected chi connectivity index (χ0v) is 13.9. The second kappa shape index (κ2) is 6.59. The van der Waals surface area contributed by atoms with Gasteiger partial charge in [0.15, 0.2) is 0 Å². The number of rotatable bonds is 6. The van der Waals surface area contributed by atoms with Crippen molar-refractivity contribution >= 4 is 5.91 Å². The number of fused-ring (bicyclic) bond motifs is 2. The fourth-order valence-corrected chi connectivity index (χ4v) is 4.09. The van der Waals surface area contributed by atoms with Crippen LogP contribution in [0, 0.1) is 0 Å². The highest BCUT2D eigenvalue weighted by atomic mass is 16.5. The fraction of sp³-hybridized carbons (Fsp3) is 0.750. The number of nitrogens with zero attached hydrogens (tertiary/aromatic N) is 3. The van der Waals surface area contributed by atoms with Crippen LogP contribution < -0.4 is 5.32 Å². The number of aliphatic hydroxyl groups is 1. The molecule has 3 rings (SSSR count). The molecule has 1 amide bonds. The summed E-state index contributed by atoms with van der Waals surface area (Å²) in [4.78, 5) is 18.7. The van der Waals surface area contributed by atoms with Crippen molar-refractivity contribution in [3.8, 4) is 0 Å². The monoisotopic (exact) mass is 322 g/mol. The molecule has 2 aliphatic rings. The Hall–Kier alpha value is -1.44. The van der Waals surface area contributed by atoms with Gasteiger partial charge in [-0.05, 0) is 25.7 Å². The number of carbonyl (C=O) groups is 1. The molecule has 1 aromatic rings. The van der Waals surface area contributed by atoms with Gasteiger partial charge in [0.05, 0.1) is 13.2 Å². The number of piperidine rings is 1. The second-order valence-electron chi connectivity index (χ2n) is 6.70. The molecular formula is C16H26N4O3. The van der Waals surface area contributed by atoms with Crippen LogP contribution in [0.1, 0.15) is 31.5 Å². The average molecular weight is 322 g/mol. The molecule has 0 saturated carbocycles. The van der Waals surface area contributed by atoms with E-state index in [9.17, 15) is 9.90 Å². The lowest BCUT2D eigenvalue weighted by molar-refractivity contribution is -0.126. The molecular weight excluding hydrogens is 296 g/mol. The number of carbonyl (C=O) groups excluding carboxylic acids is 1. The first-order chi connectivity index (χ1) is 11.0. The average Bonchev–Trinajstić information content (AvgIpc) is 3.03. The molecule has 0 spiro atoms. The molecule has 0 aliphatic carbocycles.